The maximum absolute atomic E-state index is 12.5. The van der Waals surface area contributed by atoms with Gasteiger partial charge in [-0.25, -0.2) is 4.79 Å². The van der Waals surface area contributed by atoms with Gasteiger partial charge >= 0.3 is 5.97 Å². The van der Waals surface area contributed by atoms with Gasteiger partial charge in [0, 0.05) is 18.7 Å². The third-order valence-corrected chi connectivity index (χ3v) is 5.73. The highest BCUT2D eigenvalue weighted by Gasteiger charge is 2.26. The normalized spacial score (nSPS) is 15.5. The van der Waals surface area contributed by atoms with Crippen LogP contribution in [0.3, 0.4) is 0 Å². The third-order valence-electron chi connectivity index (χ3n) is 5.09. The Morgan fingerprint density at radius 3 is 2.50 bits per heavy atom. The number of rotatable bonds is 9. The summed E-state index contributed by atoms with van der Waals surface area (Å²) in [6.45, 7) is -0.289. The van der Waals surface area contributed by atoms with Crippen LogP contribution in [0.25, 0.3) is 0 Å². The van der Waals surface area contributed by atoms with E-state index >= 15 is 0 Å². The number of carbonyl (C=O) groups is 3. The predicted molar refractivity (Wildman–Crippen MR) is 111 cm³/mol. The van der Waals surface area contributed by atoms with Crippen LogP contribution in [0.4, 0.5) is 0 Å². The Morgan fingerprint density at radius 2 is 1.86 bits per heavy atom. The van der Waals surface area contributed by atoms with Crippen molar-refractivity contribution in [1.29, 1.82) is 0 Å². The fraction of sp³-hybridized carbons (Fsp3) is 0.571. The van der Waals surface area contributed by atoms with Crippen molar-refractivity contribution in [3.8, 4) is 0 Å². The van der Waals surface area contributed by atoms with Gasteiger partial charge in [0.1, 0.15) is 6.04 Å². The third kappa shape index (κ3) is 6.86. The number of carbonyl (C=O) groups excluding carboxylic acids is 3. The van der Waals surface area contributed by atoms with E-state index in [1.807, 2.05) is 12.3 Å². The fourth-order valence-corrected chi connectivity index (χ4v) is 3.79. The van der Waals surface area contributed by atoms with Gasteiger partial charge in [-0.3, -0.25) is 9.59 Å². The monoisotopic (exact) mass is 406 g/mol. The zero-order chi connectivity index (χ0) is 20.4. The van der Waals surface area contributed by atoms with Crippen LogP contribution in [0.2, 0.25) is 0 Å². The van der Waals surface area contributed by atoms with Crippen LogP contribution in [0.15, 0.2) is 30.3 Å². The number of thioether (sulfide) groups is 1. The first-order valence-corrected chi connectivity index (χ1v) is 11.2. The van der Waals surface area contributed by atoms with Crippen LogP contribution in [0.5, 0.6) is 0 Å². The molecule has 28 heavy (non-hydrogen) atoms. The summed E-state index contributed by atoms with van der Waals surface area (Å²) in [5.74, 6) is -0.388. The molecule has 1 unspecified atom stereocenters. The van der Waals surface area contributed by atoms with E-state index in [0.717, 1.165) is 25.7 Å². The quantitative estimate of drug-likeness (QED) is 0.638. The van der Waals surface area contributed by atoms with Gasteiger partial charge in [0.05, 0.1) is 0 Å². The largest absolute Gasteiger partial charge is 0.454 e. The first kappa shape index (κ1) is 22.3. The first-order chi connectivity index (χ1) is 13.5. The van der Waals surface area contributed by atoms with Crippen molar-refractivity contribution in [3.63, 3.8) is 0 Å². The van der Waals surface area contributed by atoms with Crippen LogP contribution in [-0.2, 0) is 14.3 Å². The average Bonchev–Trinajstić information content (AvgIpc) is 2.75. The number of ether oxygens (including phenoxy) is 1. The second kappa shape index (κ2) is 11.7. The molecule has 0 bridgehead atoms. The predicted octanol–water partition coefficient (Wildman–Crippen LogP) is 2.87. The molecule has 1 saturated carbocycles. The number of amides is 2. The minimum atomic E-state index is -0.770. The molecule has 1 N–H and O–H groups in total. The molecule has 1 atom stereocenters. The second-order valence-corrected chi connectivity index (χ2v) is 8.06. The molecule has 1 aliphatic carbocycles. The van der Waals surface area contributed by atoms with Crippen molar-refractivity contribution in [3.05, 3.63) is 35.9 Å². The number of hydrogen-bond donors (Lipinski definition) is 1. The molecule has 2 rings (SSSR count). The Labute approximate surface area is 171 Å². The molecule has 0 aromatic heterocycles. The second-order valence-electron chi connectivity index (χ2n) is 7.08. The summed E-state index contributed by atoms with van der Waals surface area (Å²) in [5, 5.41) is 2.73. The number of esters is 1. The Balaban J connectivity index is 1.88. The summed E-state index contributed by atoms with van der Waals surface area (Å²) < 4.78 is 5.26. The van der Waals surface area contributed by atoms with E-state index in [9.17, 15) is 14.4 Å². The van der Waals surface area contributed by atoms with Crippen molar-refractivity contribution in [2.24, 2.45) is 0 Å². The van der Waals surface area contributed by atoms with Gasteiger partial charge in [0.25, 0.3) is 11.8 Å². The molecule has 0 radical (unpaired) electrons. The molecule has 0 spiro atoms. The first-order valence-electron chi connectivity index (χ1n) is 9.80. The van der Waals surface area contributed by atoms with E-state index in [1.54, 1.807) is 48.0 Å². The lowest BCUT2D eigenvalue weighted by atomic mass is 9.94. The summed E-state index contributed by atoms with van der Waals surface area (Å²) in [5.41, 5.74) is 0.484. The Hall–Kier alpha value is -2.02. The van der Waals surface area contributed by atoms with E-state index in [-0.39, 0.29) is 24.5 Å². The van der Waals surface area contributed by atoms with Crippen LogP contribution in [0, 0.1) is 0 Å². The van der Waals surface area contributed by atoms with Gasteiger partial charge < -0.3 is 15.0 Å². The van der Waals surface area contributed by atoms with Gasteiger partial charge in [-0.05, 0) is 43.4 Å². The standard InChI is InChI=1S/C21H30N2O4S/c1-23(17-11-7-4-8-12-17)19(24)15-27-21(26)18(13-14-28-2)22-20(25)16-9-5-3-6-10-16/h3,5-6,9-10,17-18H,4,7-8,11-15H2,1-2H3,(H,22,25). The minimum absolute atomic E-state index is 0.196. The smallest absolute Gasteiger partial charge is 0.329 e. The molecule has 7 heteroatoms. The summed E-state index contributed by atoms with van der Waals surface area (Å²) in [7, 11) is 1.77. The Morgan fingerprint density at radius 1 is 1.18 bits per heavy atom. The Kier molecular flexibility index (Phi) is 9.34. The topological polar surface area (TPSA) is 75.7 Å². The molecule has 1 fully saturated rings. The summed E-state index contributed by atoms with van der Waals surface area (Å²) in [6.07, 6.45) is 7.86. The van der Waals surface area contributed by atoms with Crippen LogP contribution < -0.4 is 5.32 Å². The molecule has 0 aliphatic heterocycles. The van der Waals surface area contributed by atoms with Crippen molar-refractivity contribution in [2.45, 2.75) is 50.6 Å². The molecule has 2 amide bonds. The van der Waals surface area contributed by atoms with Crippen molar-refractivity contribution in [1.82, 2.24) is 10.2 Å². The summed E-state index contributed by atoms with van der Waals surface area (Å²) in [6, 6.07) is 8.19. The molecule has 1 aliphatic rings. The van der Waals surface area contributed by atoms with E-state index in [1.165, 1.54) is 6.42 Å². The SMILES string of the molecule is CSCCC(NC(=O)c1ccccc1)C(=O)OCC(=O)N(C)C1CCCCC1. The molecule has 154 valence electrons. The lowest BCUT2D eigenvalue weighted by molar-refractivity contribution is -0.154. The number of nitrogens with one attached hydrogen (secondary N) is 1. The van der Waals surface area contributed by atoms with Gasteiger partial charge in [0.2, 0.25) is 0 Å². The van der Waals surface area contributed by atoms with E-state index in [2.05, 4.69) is 5.32 Å². The molecular formula is C21H30N2O4S. The number of nitrogens with zero attached hydrogens (tertiary/aromatic N) is 1. The highest BCUT2D eigenvalue weighted by atomic mass is 32.2. The maximum atomic E-state index is 12.5. The number of benzene rings is 1. The zero-order valence-corrected chi connectivity index (χ0v) is 17.5. The number of likely N-dealkylation sites (N-methyl/N-ethyl adjacent to an activating group) is 1. The molecule has 6 nitrogen and oxygen atoms in total. The molecule has 0 heterocycles. The van der Waals surface area contributed by atoms with Crippen LogP contribution in [-0.4, -0.2) is 60.4 Å². The molecule has 1 aromatic carbocycles. The lowest BCUT2D eigenvalue weighted by Crippen LogP contribution is -2.44. The fourth-order valence-electron chi connectivity index (χ4n) is 3.32. The van der Waals surface area contributed by atoms with Crippen molar-refractivity contribution >= 4 is 29.5 Å². The molecule has 1 aromatic rings. The van der Waals surface area contributed by atoms with Gasteiger partial charge in [0.15, 0.2) is 6.61 Å². The highest BCUT2D eigenvalue weighted by molar-refractivity contribution is 7.98. The van der Waals surface area contributed by atoms with Gasteiger partial charge in [-0.1, -0.05) is 37.5 Å². The minimum Gasteiger partial charge on any atom is -0.454 e. The maximum Gasteiger partial charge on any atom is 0.329 e. The van der Waals surface area contributed by atoms with E-state index in [4.69, 9.17) is 4.74 Å². The van der Waals surface area contributed by atoms with Gasteiger partial charge in [-0.15, -0.1) is 0 Å². The van der Waals surface area contributed by atoms with Crippen molar-refractivity contribution in [2.75, 3.05) is 25.7 Å². The van der Waals surface area contributed by atoms with Crippen molar-refractivity contribution < 1.29 is 19.1 Å². The van der Waals surface area contributed by atoms with E-state index < -0.39 is 12.0 Å². The highest BCUT2D eigenvalue weighted by Crippen LogP contribution is 2.21. The van der Waals surface area contributed by atoms with Crippen LogP contribution in [0.1, 0.15) is 48.9 Å². The molecular weight excluding hydrogens is 376 g/mol. The van der Waals surface area contributed by atoms with Gasteiger partial charge in [-0.2, -0.15) is 11.8 Å². The lowest BCUT2D eigenvalue weighted by Gasteiger charge is -2.31. The summed E-state index contributed by atoms with van der Waals surface area (Å²) >= 11 is 1.58. The van der Waals surface area contributed by atoms with Crippen LogP contribution >= 0.6 is 11.8 Å². The zero-order valence-electron chi connectivity index (χ0n) is 16.7. The number of hydrogen-bond acceptors (Lipinski definition) is 5. The summed E-state index contributed by atoms with van der Waals surface area (Å²) in [4.78, 5) is 39.0. The average molecular weight is 407 g/mol. The van der Waals surface area contributed by atoms with E-state index in [0.29, 0.717) is 17.7 Å². The Bertz CT molecular complexity index is 647. The molecule has 0 saturated heterocycles.